The zero-order valence-electron chi connectivity index (χ0n) is 11.1. The number of aliphatic hydroxyl groups excluding tert-OH is 1. The van der Waals surface area contributed by atoms with E-state index in [1.54, 1.807) is 18.7 Å². The highest BCUT2D eigenvalue weighted by Gasteiger charge is 2.11. The Balaban J connectivity index is 2.63. The van der Waals surface area contributed by atoms with Crippen LogP contribution in [0.4, 0.5) is 5.82 Å². The van der Waals surface area contributed by atoms with E-state index in [9.17, 15) is 5.11 Å². The Kier molecular flexibility index (Phi) is 6.82. The van der Waals surface area contributed by atoms with Crippen molar-refractivity contribution in [1.82, 2.24) is 4.98 Å². The van der Waals surface area contributed by atoms with Gasteiger partial charge in [-0.25, -0.2) is 4.98 Å². The SMILES string of the molecule is CCCNc1ccc(Cl)c(CSC(C)C(C)O)n1. The Morgan fingerprint density at radius 2 is 2.17 bits per heavy atom. The van der Waals surface area contributed by atoms with Gasteiger partial charge in [-0.3, -0.25) is 0 Å². The Morgan fingerprint density at radius 3 is 2.78 bits per heavy atom. The predicted octanol–water partition coefficient (Wildman–Crippen LogP) is 3.56. The summed E-state index contributed by atoms with van der Waals surface area (Å²) in [5.41, 5.74) is 0.871. The van der Waals surface area contributed by atoms with Gasteiger partial charge in [0.1, 0.15) is 5.82 Å². The fraction of sp³-hybridized carbons (Fsp3) is 0.615. The third-order valence-electron chi connectivity index (χ3n) is 2.64. The molecule has 5 heteroatoms. The van der Waals surface area contributed by atoms with Crippen LogP contribution in [-0.4, -0.2) is 28.0 Å². The summed E-state index contributed by atoms with van der Waals surface area (Å²) in [6, 6.07) is 3.76. The highest BCUT2D eigenvalue weighted by atomic mass is 35.5. The molecular formula is C13H21ClN2OS. The van der Waals surface area contributed by atoms with E-state index in [0.717, 1.165) is 24.5 Å². The van der Waals surface area contributed by atoms with Gasteiger partial charge in [-0.1, -0.05) is 25.4 Å². The molecule has 18 heavy (non-hydrogen) atoms. The van der Waals surface area contributed by atoms with E-state index in [-0.39, 0.29) is 11.4 Å². The van der Waals surface area contributed by atoms with E-state index in [1.807, 2.05) is 19.1 Å². The quantitative estimate of drug-likeness (QED) is 0.805. The van der Waals surface area contributed by atoms with Crippen molar-refractivity contribution in [3.8, 4) is 0 Å². The van der Waals surface area contributed by atoms with Crippen molar-refractivity contribution >= 4 is 29.2 Å². The average Bonchev–Trinajstić information content (AvgIpc) is 2.35. The number of anilines is 1. The molecule has 0 aromatic carbocycles. The Bertz CT molecular complexity index is 374. The number of nitrogens with one attached hydrogen (secondary N) is 1. The smallest absolute Gasteiger partial charge is 0.126 e. The number of aromatic nitrogens is 1. The molecule has 0 amide bonds. The molecule has 0 spiro atoms. The second-order valence-electron chi connectivity index (χ2n) is 4.31. The molecule has 2 unspecified atom stereocenters. The minimum atomic E-state index is -0.324. The van der Waals surface area contributed by atoms with Crippen LogP contribution in [0.3, 0.4) is 0 Å². The van der Waals surface area contributed by atoms with Crippen LogP contribution in [0.5, 0.6) is 0 Å². The Labute approximate surface area is 118 Å². The number of aliphatic hydroxyl groups is 1. The van der Waals surface area contributed by atoms with E-state index in [4.69, 9.17) is 11.6 Å². The monoisotopic (exact) mass is 288 g/mol. The van der Waals surface area contributed by atoms with Crippen LogP contribution in [0, 0.1) is 0 Å². The van der Waals surface area contributed by atoms with Crippen molar-refractivity contribution in [1.29, 1.82) is 0 Å². The number of hydrogen-bond acceptors (Lipinski definition) is 4. The van der Waals surface area contributed by atoms with Crippen LogP contribution in [0.25, 0.3) is 0 Å². The van der Waals surface area contributed by atoms with E-state index >= 15 is 0 Å². The molecule has 0 saturated heterocycles. The zero-order valence-corrected chi connectivity index (χ0v) is 12.7. The summed E-state index contributed by atoms with van der Waals surface area (Å²) in [5, 5.41) is 13.6. The molecule has 0 fully saturated rings. The predicted molar refractivity (Wildman–Crippen MR) is 80.5 cm³/mol. The van der Waals surface area contributed by atoms with Gasteiger partial charge in [-0.2, -0.15) is 0 Å². The van der Waals surface area contributed by atoms with Gasteiger partial charge in [0.2, 0.25) is 0 Å². The van der Waals surface area contributed by atoms with Crippen molar-refractivity contribution in [3.63, 3.8) is 0 Å². The fourth-order valence-electron chi connectivity index (χ4n) is 1.29. The molecule has 0 radical (unpaired) electrons. The highest BCUT2D eigenvalue weighted by Crippen LogP contribution is 2.25. The first-order valence-electron chi connectivity index (χ1n) is 6.23. The van der Waals surface area contributed by atoms with Gasteiger partial charge in [0.25, 0.3) is 0 Å². The second kappa shape index (κ2) is 7.87. The molecule has 0 aliphatic carbocycles. The van der Waals surface area contributed by atoms with Gasteiger partial charge in [0.05, 0.1) is 16.8 Å². The summed E-state index contributed by atoms with van der Waals surface area (Å²) in [5.74, 6) is 1.58. The van der Waals surface area contributed by atoms with Crippen molar-refractivity contribution in [2.75, 3.05) is 11.9 Å². The van der Waals surface area contributed by atoms with Gasteiger partial charge in [0.15, 0.2) is 0 Å². The maximum Gasteiger partial charge on any atom is 0.126 e. The van der Waals surface area contributed by atoms with Crippen molar-refractivity contribution in [2.45, 2.75) is 44.3 Å². The molecule has 1 aromatic rings. The van der Waals surface area contributed by atoms with E-state index in [2.05, 4.69) is 17.2 Å². The first kappa shape index (κ1) is 15.6. The molecule has 3 nitrogen and oxygen atoms in total. The van der Waals surface area contributed by atoms with E-state index in [1.165, 1.54) is 0 Å². The Hall–Kier alpha value is -0.450. The molecule has 2 atom stereocenters. The van der Waals surface area contributed by atoms with Gasteiger partial charge < -0.3 is 10.4 Å². The number of nitrogens with zero attached hydrogens (tertiary/aromatic N) is 1. The molecule has 0 aliphatic rings. The number of halogens is 1. The van der Waals surface area contributed by atoms with Crippen LogP contribution in [-0.2, 0) is 5.75 Å². The van der Waals surface area contributed by atoms with E-state index in [0.29, 0.717) is 10.8 Å². The summed E-state index contributed by atoms with van der Waals surface area (Å²) in [6.45, 7) is 6.82. The van der Waals surface area contributed by atoms with E-state index < -0.39 is 0 Å². The number of pyridine rings is 1. The van der Waals surface area contributed by atoms with Gasteiger partial charge in [-0.15, -0.1) is 11.8 Å². The maximum absolute atomic E-state index is 9.45. The Morgan fingerprint density at radius 1 is 1.44 bits per heavy atom. The third kappa shape index (κ3) is 5.04. The largest absolute Gasteiger partial charge is 0.392 e. The molecular weight excluding hydrogens is 268 g/mol. The summed E-state index contributed by atoms with van der Waals surface area (Å²) >= 11 is 7.79. The zero-order chi connectivity index (χ0) is 13.5. The maximum atomic E-state index is 9.45. The highest BCUT2D eigenvalue weighted by molar-refractivity contribution is 7.99. The average molecular weight is 289 g/mol. The number of thioether (sulfide) groups is 1. The van der Waals surface area contributed by atoms with Crippen LogP contribution >= 0.6 is 23.4 Å². The summed E-state index contributed by atoms with van der Waals surface area (Å²) in [4.78, 5) is 4.50. The third-order valence-corrected chi connectivity index (χ3v) is 4.34. The molecule has 1 aromatic heterocycles. The van der Waals surface area contributed by atoms with Crippen molar-refractivity contribution in [3.05, 3.63) is 22.8 Å². The number of hydrogen-bond donors (Lipinski definition) is 2. The lowest BCUT2D eigenvalue weighted by Gasteiger charge is -2.14. The van der Waals surface area contributed by atoms with Gasteiger partial charge in [0, 0.05) is 17.5 Å². The minimum absolute atomic E-state index is 0.176. The topological polar surface area (TPSA) is 45.1 Å². The van der Waals surface area contributed by atoms with Crippen molar-refractivity contribution in [2.24, 2.45) is 0 Å². The molecule has 1 rings (SSSR count). The summed E-state index contributed by atoms with van der Waals surface area (Å²) < 4.78 is 0. The van der Waals surface area contributed by atoms with Gasteiger partial charge in [-0.05, 0) is 25.5 Å². The normalized spacial score (nSPS) is 14.3. The molecule has 2 N–H and O–H groups in total. The first-order valence-corrected chi connectivity index (χ1v) is 7.66. The summed E-state index contributed by atoms with van der Waals surface area (Å²) in [6.07, 6.45) is 0.739. The molecule has 102 valence electrons. The standard InChI is InChI=1S/C13H21ClN2OS/c1-4-7-15-13-6-5-11(14)12(16-13)8-18-10(3)9(2)17/h5-6,9-10,17H,4,7-8H2,1-3H3,(H,15,16). The molecule has 1 heterocycles. The summed E-state index contributed by atoms with van der Waals surface area (Å²) in [7, 11) is 0. The fourth-order valence-corrected chi connectivity index (χ4v) is 2.46. The van der Waals surface area contributed by atoms with Crippen molar-refractivity contribution < 1.29 is 5.11 Å². The molecule has 0 bridgehead atoms. The van der Waals surface area contributed by atoms with Crippen LogP contribution in [0.15, 0.2) is 12.1 Å². The minimum Gasteiger partial charge on any atom is -0.392 e. The number of rotatable bonds is 7. The van der Waals surface area contributed by atoms with Gasteiger partial charge >= 0.3 is 0 Å². The lowest BCUT2D eigenvalue weighted by Crippen LogP contribution is -2.15. The molecule has 0 saturated carbocycles. The van der Waals surface area contributed by atoms with Crippen LogP contribution in [0.2, 0.25) is 5.02 Å². The first-order chi connectivity index (χ1) is 8.54. The van der Waals surface area contributed by atoms with Crippen LogP contribution in [0.1, 0.15) is 32.9 Å². The van der Waals surface area contributed by atoms with Crippen LogP contribution < -0.4 is 5.32 Å². The second-order valence-corrected chi connectivity index (χ2v) is 6.08. The lowest BCUT2D eigenvalue weighted by atomic mass is 10.3. The lowest BCUT2D eigenvalue weighted by molar-refractivity contribution is 0.196. The molecule has 0 aliphatic heterocycles.